The maximum absolute atomic E-state index is 5.86. The van der Waals surface area contributed by atoms with Gasteiger partial charge in [0.15, 0.2) is 0 Å². The van der Waals surface area contributed by atoms with Crippen LogP contribution in [0.25, 0.3) is 0 Å². The van der Waals surface area contributed by atoms with Gasteiger partial charge in [-0.15, -0.1) is 0 Å². The van der Waals surface area contributed by atoms with Crippen LogP contribution in [0.3, 0.4) is 0 Å². The lowest BCUT2D eigenvalue weighted by atomic mass is 10.1. The summed E-state index contributed by atoms with van der Waals surface area (Å²) in [7, 11) is 1.99. The first-order valence-corrected chi connectivity index (χ1v) is 7.03. The standard InChI is InChI=1S/C15H23N3O/c1-4-13-7-9-15(19-13)14(16-5-2)8-6-12-10-11-17-18(12)3/h7,9-11,14,16H,4-6,8H2,1-3H3. The fourth-order valence-electron chi connectivity index (χ4n) is 2.30. The molecule has 0 aliphatic carbocycles. The average Bonchev–Trinajstić information content (AvgIpc) is 3.03. The van der Waals surface area contributed by atoms with Crippen LogP contribution in [0.2, 0.25) is 0 Å². The summed E-state index contributed by atoms with van der Waals surface area (Å²) in [5.41, 5.74) is 1.25. The normalized spacial score (nSPS) is 12.8. The van der Waals surface area contributed by atoms with Crippen molar-refractivity contribution < 1.29 is 4.42 Å². The third-order valence-electron chi connectivity index (χ3n) is 3.44. The summed E-state index contributed by atoms with van der Waals surface area (Å²) in [6.07, 6.45) is 4.81. The predicted molar refractivity (Wildman–Crippen MR) is 76.0 cm³/mol. The first kappa shape index (κ1) is 13.9. The molecule has 0 aliphatic heterocycles. The van der Waals surface area contributed by atoms with Crippen LogP contribution in [0.15, 0.2) is 28.8 Å². The van der Waals surface area contributed by atoms with Crippen LogP contribution in [0.1, 0.15) is 43.5 Å². The molecule has 2 heterocycles. The molecule has 1 atom stereocenters. The van der Waals surface area contributed by atoms with Crippen molar-refractivity contribution in [1.82, 2.24) is 15.1 Å². The molecule has 0 saturated heterocycles. The van der Waals surface area contributed by atoms with Crippen molar-refractivity contribution in [2.24, 2.45) is 7.05 Å². The fraction of sp³-hybridized carbons (Fsp3) is 0.533. The summed E-state index contributed by atoms with van der Waals surface area (Å²) in [5, 5.41) is 7.70. The van der Waals surface area contributed by atoms with Crippen LogP contribution in [-0.4, -0.2) is 16.3 Å². The molecule has 4 heteroatoms. The number of furan rings is 1. The van der Waals surface area contributed by atoms with Crippen LogP contribution in [0.5, 0.6) is 0 Å². The second kappa shape index (κ2) is 6.57. The second-order valence-electron chi connectivity index (χ2n) is 4.75. The summed E-state index contributed by atoms with van der Waals surface area (Å²) in [6.45, 7) is 5.18. The summed E-state index contributed by atoms with van der Waals surface area (Å²) in [6, 6.07) is 6.52. The van der Waals surface area contributed by atoms with E-state index in [9.17, 15) is 0 Å². The summed E-state index contributed by atoms with van der Waals surface area (Å²) >= 11 is 0. The van der Waals surface area contributed by atoms with Crippen molar-refractivity contribution in [2.45, 2.75) is 39.2 Å². The Morgan fingerprint density at radius 3 is 2.74 bits per heavy atom. The van der Waals surface area contributed by atoms with Gasteiger partial charge in [0, 0.05) is 25.4 Å². The van der Waals surface area contributed by atoms with E-state index in [1.807, 2.05) is 17.9 Å². The molecule has 4 nitrogen and oxygen atoms in total. The minimum absolute atomic E-state index is 0.278. The van der Waals surface area contributed by atoms with Gasteiger partial charge in [-0.25, -0.2) is 0 Å². The van der Waals surface area contributed by atoms with Gasteiger partial charge in [0.1, 0.15) is 11.5 Å². The first-order chi connectivity index (χ1) is 9.24. The highest BCUT2D eigenvalue weighted by molar-refractivity contribution is 5.12. The number of aromatic nitrogens is 2. The Morgan fingerprint density at radius 1 is 1.32 bits per heavy atom. The largest absolute Gasteiger partial charge is 0.464 e. The Morgan fingerprint density at radius 2 is 2.16 bits per heavy atom. The van der Waals surface area contributed by atoms with Crippen molar-refractivity contribution in [2.75, 3.05) is 6.54 Å². The van der Waals surface area contributed by atoms with E-state index in [1.165, 1.54) is 5.69 Å². The quantitative estimate of drug-likeness (QED) is 0.833. The third kappa shape index (κ3) is 3.47. The molecule has 1 N–H and O–H groups in total. The van der Waals surface area contributed by atoms with E-state index in [2.05, 4.69) is 42.5 Å². The molecule has 0 aromatic carbocycles. The van der Waals surface area contributed by atoms with Crippen LogP contribution in [0.4, 0.5) is 0 Å². The highest BCUT2D eigenvalue weighted by Gasteiger charge is 2.15. The van der Waals surface area contributed by atoms with Crippen molar-refractivity contribution in [3.05, 3.63) is 41.6 Å². The monoisotopic (exact) mass is 261 g/mol. The van der Waals surface area contributed by atoms with Gasteiger partial charge >= 0.3 is 0 Å². The number of rotatable bonds is 7. The maximum Gasteiger partial charge on any atom is 0.121 e. The summed E-state index contributed by atoms with van der Waals surface area (Å²) in [4.78, 5) is 0. The van der Waals surface area contributed by atoms with Crippen molar-refractivity contribution in [3.8, 4) is 0 Å². The van der Waals surface area contributed by atoms with E-state index in [0.29, 0.717) is 0 Å². The third-order valence-corrected chi connectivity index (χ3v) is 3.44. The lowest BCUT2D eigenvalue weighted by Gasteiger charge is -2.15. The van der Waals surface area contributed by atoms with E-state index in [-0.39, 0.29) is 6.04 Å². The van der Waals surface area contributed by atoms with Crippen LogP contribution in [0, 0.1) is 0 Å². The zero-order chi connectivity index (χ0) is 13.7. The molecule has 0 aliphatic rings. The summed E-state index contributed by atoms with van der Waals surface area (Å²) in [5.74, 6) is 2.10. The van der Waals surface area contributed by atoms with E-state index < -0.39 is 0 Å². The van der Waals surface area contributed by atoms with Crippen molar-refractivity contribution >= 4 is 0 Å². The molecule has 0 saturated carbocycles. The molecule has 104 valence electrons. The Labute approximate surface area is 114 Å². The Hall–Kier alpha value is -1.55. The number of hydrogen-bond acceptors (Lipinski definition) is 3. The highest BCUT2D eigenvalue weighted by atomic mass is 16.3. The van der Waals surface area contributed by atoms with E-state index in [4.69, 9.17) is 4.42 Å². The SMILES string of the molecule is CCNC(CCc1ccnn1C)c1ccc(CC)o1. The number of nitrogens with zero attached hydrogens (tertiary/aromatic N) is 2. The lowest BCUT2D eigenvalue weighted by Crippen LogP contribution is -2.21. The van der Waals surface area contributed by atoms with Gasteiger partial charge in [-0.1, -0.05) is 13.8 Å². The average molecular weight is 261 g/mol. The zero-order valence-corrected chi connectivity index (χ0v) is 12.0. The van der Waals surface area contributed by atoms with Crippen molar-refractivity contribution in [1.29, 1.82) is 0 Å². The van der Waals surface area contributed by atoms with E-state index >= 15 is 0 Å². The Balaban J connectivity index is 2.01. The predicted octanol–water partition coefficient (Wildman–Crippen LogP) is 2.86. The molecular formula is C15H23N3O. The number of hydrogen-bond donors (Lipinski definition) is 1. The second-order valence-corrected chi connectivity index (χ2v) is 4.75. The Kier molecular flexibility index (Phi) is 4.80. The summed E-state index contributed by atoms with van der Waals surface area (Å²) < 4.78 is 7.80. The molecule has 0 bridgehead atoms. The minimum atomic E-state index is 0.278. The zero-order valence-electron chi connectivity index (χ0n) is 12.0. The van der Waals surface area contributed by atoms with Gasteiger partial charge in [0.05, 0.1) is 6.04 Å². The molecule has 2 rings (SSSR count). The lowest BCUT2D eigenvalue weighted by molar-refractivity contribution is 0.383. The maximum atomic E-state index is 5.86. The van der Waals surface area contributed by atoms with Crippen LogP contribution < -0.4 is 5.32 Å². The first-order valence-electron chi connectivity index (χ1n) is 7.03. The highest BCUT2D eigenvalue weighted by Crippen LogP contribution is 2.21. The number of nitrogens with one attached hydrogen (secondary N) is 1. The molecule has 2 aromatic heterocycles. The van der Waals surface area contributed by atoms with Crippen LogP contribution >= 0.6 is 0 Å². The van der Waals surface area contributed by atoms with E-state index in [0.717, 1.165) is 37.3 Å². The van der Waals surface area contributed by atoms with Gasteiger partial charge < -0.3 is 9.73 Å². The van der Waals surface area contributed by atoms with E-state index in [1.54, 1.807) is 0 Å². The minimum Gasteiger partial charge on any atom is -0.464 e. The molecule has 0 amide bonds. The molecule has 1 unspecified atom stereocenters. The fourth-order valence-corrected chi connectivity index (χ4v) is 2.30. The van der Waals surface area contributed by atoms with Crippen molar-refractivity contribution in [3.63, 3.8) is 0 Å². The molecule has 0 fully saturated rings. The van der Waals surface area contributed by atoms with Crippen LogP contribution in [-0.2, 0) is 19.9 Å². The number of aryl methyl sites for hydroxylation is 3. The molecule has 19 heavy (non-hydrogen) atoms. The molecular weight excluding hydrogens is 238 g/mol. The molecule has 0 spiro atoms. The van der Waals surface area contributed by atoms with Gasteiger partial charge in [-0.2, -0.15) is 5.10 Å². The topological polar surface area (TPSA) is 43.0 Å². The Bertz CT molecular complexity index is 501. The van der Waals surface area contributed by atoms with Gasteiger partial charge in [0.25, 0.3) is 0 Å². The molecule has 2 aromatic rings. The molecule has 0 radical (unpaired) electrons. The van der Waals surface area contributed by atoms with Gasteiger partial charge in [-0.05, 0) is 37.6 Å². The van der Waals surface area contributed by atoms with Gasteiger partial charge in [-0.3, -0.25) is 4.68 Å². The van der Waals surface area contributed by atoms with Gasteiger partial charge in [0.2, 0.25) is 0 Å². The smallest absolute Gasteiger partial charge is 0.121 e.